The SMILES string of the molecule is COc1cc(/C=C2\N=C(c3ccc([N+](=O)[O-])cc3Cl)OC2=O)ccc1OCc1cccc(Cl)c1. The number of aliphatic imine (C=N–C) groups is 1. The summed E-state index contributed by atoms with van der Waals surface area (Å²) in [5.41, 5.74) is 1.66. The Morgan fingerprint density at radius 2 is 1.91 bits per heavy atom. The zero-order valence-electron chi connectivity index (χ0n) is 17.7. The standard InChI is InChI=1S/C24H16Cl2N2O6/c1-32-22-11-14(5-8-21(22)33-13-15-3-2-4-16(25)9-15)10-20-24(29)34-23(27-20)18-7-6-17(28(30)31)12-19(18)26/h2-12H,13H2,1H3/b20-10-. The summed E-state index contributed by atoms with van der Waals surface area (Å²) in [6.45, 7) is 0.299. The van der Waals surface area contributed by atoms with E-state index >= 15 is 0 Å². The Balaban J connectivity index is 1.55. The molecule has 0 aromatic heterocycles. The number of nitrogens with zero attached hydrogens (tertiary/aromatic N) is 2. The van der Waals surface area contributed by atoms with Crippen LogP contribution in [0.1, 0.15) is 16.7 Å². The van der Waals surface area contributed by atoms with Crippen LogP contribution in [0.5, 0.6) is 11.5 Å². The van der Waals surface area contributed by atoms with E-state index in [0.29, 0.717) is 28.7 Å². The highest BCUT2D eigenvalue weighted by molar-refractivity contribution is 6.34. The number of carbonyl (C=O) groups excluding carboxylic acids is 1. The van der Waals surface area contributed by atoms with Crippen LogP contribution in [0.15, 0.2) is 71.4 Å². The zero-order valence-corrected chi connectivity index (χ0v) is 19.2. The van der Waals surface area contributed by atoms with E-state index in [-0.39, 0.29) is 27.9 Å². The molecule has 0 atom stereocenters. The quantitative estimate of drug-likeness (QED) is 0.175. The maximum absolute atomic E-state index is 12.3. The number of hydrogen-bond donors (Lipinski definition) is 0. The lowest BCUT2D eigenvalue weighted by Crippen LogP contribution is -2.06. The minimum atomic E-state index is -0.676. The van der Waals surface area contributed by atoms with Crippen LogP contribution in [0.4, 0.5) is 5.69 Å². The second kappa shape index (κ2) is 9.94. The number of nitro groups is 1. The molecule has 0 N–H and O–H groups in total. The molecule has 1 heterocycles. The maximum atomic E-state index is 12.3. The van der Waals surface area contributed by atoms with Gasteiger partial charge in [-0.1, -0.05) is 41.4 Å². The van der Waals surface area contributed by atoms with E-state index < -0.39 is 10.9 Å². The first kappa shape index (κ1) is 23.3. The first-order valence-electron chi connectivity index (χ1n) is 9.86. The van der Waals surface area contributed by atoms with Gasteiger partial charge < -0.3 is 14.2 Å². The van der Waals surface area contributed by atoms with Crippen molar-refractivity contribution >= 4 is 46.8 Å². The van der Waals surface area contributed by atoms with Crippen LogP contribution in [0.25, 0.3) is 6.08 Å². The lowest BCUT2D eigenvalue weighted by molar-refractivity contribution is -0.384. The van der Waals surface area contributed by atoms with E-state index in [1.54, 1.807) is 24.3 Å². The molecule has 172 valence electrons. The van der Waals surface area contributed by atoms with Crippen molar-refractivity contribution in [2.45, 2.75) is 6.61 Å². The van der Waals surface area contributed by atoms with Gasteiger partial charge in [0.15, 0.2) is 17.2 Å². The fourth-order valence-corrected chi connectivity index (χ4v) is 3.62. The van der Waals surface area contributed by atoms with Gasteiger partial charge in [0.25, 0.3) is 5.69 Å². The summed E-state index contributed by atoms with van der Waals surface area (Å²) in [5.74, 6) is 0.264. The molecule has 0 unspecified atom stereocenters. The van der Waals surface area contributed by atoms with Crippen molar-refractivity contribution in [1.82, 2.24) is 0 Å². The fourth-order valence-electron chi connectivity index (χ4n) is 3.15. The molecule has 0 spiro atoms. The molecule has 0 saturated carbocycles. The van der Waals surface area contributed by atoms with Gasteiger partial charge in [0, 0.05) is 17.2 Å². The van der Waals surface area contributed by atoms with E-state index in [4.69, 9.17) is 37.4 Å². The Labute approximate surface area is 204 Å². The van der Waals surface area contributed by atoms with Crippen LogP contribution in [-0.4, -0.2) is 23.9 Å². The number of non-ortho nitro benzene ring substituents is 1. The molecule has 0 aliphatic carbocycles. The van der Waals surface area contributed by atoms with Crippen LogP contribution in [0.2, 0.25) is 10.0 Å². The summed E-state index contributed by atoms with van der Waals surface area (Å²) in [6.07, 6.45) is 1.53. The van der Waals surface area contributed by atoms with Crippen LogP contribution < -0.4 is 9.47 Å². The number of benzene rings is 3. The molecule has 10 heteroatoms. The molecule has 3 aromatic rings. The van der Waals surface area contributed by atoms with Crippen molar-refractivity contribution in [3.63, 3.8) is 0 Å². The number of rotatable bonds is 7. The number of esters is 1. The Morgan fingerprint density at radius 3 is 2.62 bits per heavy atom. The number of cyclic esters (lactones) is 1. The van der Waals surface area contributed by atoms with Crippen LogP contribution in [0, 0.1) is 10.1 Å². The number of ether oxygens (including phenoxy) is 3. The van der Waals surface area contributed by atoms with Crippen molar-refractivity contribution in [2.24, 2.45) is 4.99 Å². The average Bonchev–Trinajstić information content (AvgIpc) is 3.17. The Kier molecular flexibility index (Phi) is 6.81. The molecule has 0 fully saturated rings. The third-order valence-corrected chi connectivity index (χ3v) is 5.34. The van der Waals surface area contributed by atoms with Gasteiger partial charge in [0.2, 0.25) is 5.90 Å². The second-order valence-electron chi connectivity index (χ2n) is 7.09. The van der Waals surface area contributed by atoms with E-state index in [2.05, 4.69) is 4.99 Å². The zero-order chi connectivity index (χ0) is 24.2. The Bertz CT molecular complexity index is 1350. The summed E-state index contributed by atoms with van der Waals surface area (Å²) >= 11 is 12.1. The van der Waals surface area contributed by atoms with E-state index in [1.807, 2.05) is 18.2 Å². The van der Waals surface area contributed by atoms with Gasteiger partial charge in [-0.25, -0.2) is 9.79 Å². The molecule has 0 amide bonds. The van der Waals surface area contributed by atoms with Crippen LogP contribution in [0.3, 0.4) is 0 Å². The number of methoxy groups -OCH3 is 1. The van der Waals surface area contributed by atoms with Gasteiger partial charge in [0.1, 0.15) is 6.61 Å². The highest BCUT2D eigenvalue weighted by atomic mass is 35.5. The predicted octanol–water partition coefficient (Wildman–Crippen LogP) is 5.83. The van der Waals surface area contributed by atoms with E-state index in [9.17, 15) is 14.9 Å². The largest absolute Gasteiger partial charge is 0.493 e. The van der Waals surface area contributed by atoms with Gasteiger partial charge in [-0.15, -0.1) is 0 Å². The second-order valence-corrected chi connectivity index (χ2v) is 7.93. The summed E-state index contributed by atoms with van der Waals surface area (Å²) in [4.78, 5) is 26.9. The molecule has 34 heavy (non-hydrogen) atoms. The average molecular weight is 499 g/mol. The molecule has 8 nitrogen and oxygen atoms in total. The minimum absolute atomic E-state index is 0.0374. The molecule has 4 rings (SSSR count). The first-order chi connectivity index (χ1) is 16.3. The highest BCUT2D eigenvalue weighted by Crippen LogP contribution is 2.31. The maximum Gasteiger partial charge on any atom is 0.363 e. The number of nitro benzene ring substituents is 1. The lowest BCUT2D eigenvalue weighted by atomic mass is 10.1. The summed E-state index contributed by atoms with van der Waals surface area (Å²) in [7, 11) is 1.51. The molecule has 0 bridgehead atoms. The lowest BCUT2D eigenvalue weighted by Gasteiger charge is -2.11. The number of hydrogen-bond acceptors (Lipinski definition) is 7. The van der Waals surface area contributed by atoms with E-state index in [1.165, 1.54) is 31.4 Å². The summed E-state index contributed by atoms with van der Waals surface area (Å²) in [5, 5.41) is 11.6. The van der Waals surface area contributed by atoms with Crippen molar-refractivity contribution in [3.05, 3.63) is 103 Å². The molecule has 0 radical (unpaired) electrons. The monoisotopic (exact) mass is 498 g/mol. The number of carbonyl (C=O) groups is 1. The Hall–Kier alpha value is -3.88. The highest BCUT2D eigenvalue weighted by Gasteiger charge is 2.26. The van der Waals surface area contributed by atoms with Gasteiger partial charge >= 0.3 is 5.97 Å². The summed E-state index contributed by atoms with van der Waals surface area (Å²) < 4.78 is 16.5. The molecule has 3 aromatic carbocycles. The topological polar surface area (TPSA) is 100 Å². The van der Waals surface area contributed by atoms with Crippen LogP contribution >= 0.6 is 23.2 Å². The third kappa shape index (κ3) is 5.19. The first-order valence-corrected chi connectivity index (χ1v) is 10.6. The predicted molar refractivity (Wildman–Crippen MR) is 127 cm³/mol. The molecular weight excluding hydrogens is 483 g/mol. The van der Waals surface area contributed by atoms with Gasteiger partial charge in [-0.3, -0.25) is 10.1 Å². The van der Waals surface area contributed by atoms with Gasteiger partial charge in [-0.05, 0) is 47.5 Å². The van der Waals surface area contributed by atoms with E-state index in [0.717, 1.165) is 5.56 Å². The Morgan fingerprint density at radius 1 is 1.09 bits per heavy atom. The third-order valence-electron chi connectivity index (χ3n) is 4.79. The normalized spacial score (nSPS) is 14.0. The molecule has 0 saturated heterocycles. The van der Waals surface area contributed by atoms with Crippen molar-refractivity contribution in [2.75, 3.05) is 7.11 Å². The molecule has 1 aliphatic rings. The van der Waals surface area contributed by atoms with Crippen molar-refractivity contribution in [3.8, 4) is 11.5 Å². The van der Waals surface area contributed by atoms with Gasteiger partial charge in [-0.2, -0.15) is 0 Å². The summed E-state index contributed by atoms with van der Waals surface area (Å²) in [6, 6.07) is 16.3. The smallest absolute Gasteiger partial charge is 0.363 e. The number of halogens is 2. The van der Waals surface area contributed by atoms with Crippen molar-refractivity contribution < 1.29 is 23.9 Å². The van der Waals surface area contributed by atoms with Crippen molar-refractivity contribution in [1.29, 1.82) is 0 Å². The fraction of sp³-hybridized carbons (Fsp3) is 0.0833. The van der Waals surface area contributed by atoms with Crippen LogP contribution in [-0.2, 0) is 16.1 Å². The molecule has 1 aliphatic heterocycles. The van der Waals surface area contributed by atoms with Gasteiger partial charge in [0.05, 0.1) is 22.6 Å². The minimum Gasteiger partial charge on any atom is -0.493 e. The molecular formula is C24H16Cl2N2O6.